The monoisotopic (exact) mass is 322 g/mol. The molecule has 8 heteroatoms. The Kier molecular flexibility index (Phi) is 3.29. The number of carbonyl (C=O) groups is 2. The lowest BCUT2D eigenvalue weighted by Gasteiger charge is -2.27. The fraction of sp³-hybridized carbons (Fsp3) is 0.214. The first kappa shape index (κ1) is 14.4. The van der Waals surface area contributed by atoms with Gasteiger partial charge >= 0.3 is 5.97 Å². The maximum Gasteiger partial charge on any atom is 0.373 e. The normalized spacial score (nSPS) is 13.8. The van der Waals surface area contributed by atoms with Crippen LogP contribution >= 0.6 is 11.6 Å². The third-order valence-electron chi connectivity index (χ3n) is 3.33. The van der Waals surface area contributed by atoms with E-state index in [2.05, 4.69) is 4.98 Å². The zero-order chi connectivity index (χ0) is 16.0. The molecular formula is C14H11ClN2O5. The number of aromatic nitrogens is 1. The number of amides is 1. The maximum absolute atomic E-state index is 11.7. The third kappa shape index (κ3) is 2.19. The van der Waals surface area contributed by atoms with Gasteiger partial charge in [-0.2, -0.15) is 0 Å². The van der Waals surface area contributed by atoms with Crippen molar-refractivity contribution >= 4 is 29.2 Å². The molecule has 0 radical (unpaired) electrons. The molecule has 0 saturated heterocycles. The van der Waals surface area contributed by atoms with Crippen molar-refractivity contribution in [2.75, 3.05) is 18.6 Å². The number of anilines is 1. The Balaban J connectivity index is 2.20. The highest BCUT2D eigenvalue weighted by Gasteiger charge is 2.28. The average molecular weight is 323 g/mol. The zero-order valence-electron chi connectivity index (χ0n) is 11.7. The first-order valence-corrected chi connectivity index (χ1v) is 6.70. The molecule has 1 amide bonds. The van der Waals surface area contributed by atoms with Gasteiger partial charge in [0.05, 0.1) is 16.9 Å². The van der Waals surface area contributed by atoms with Crippen LogP contribution in [0.1, 0.15) is 16.2 Å². The van der Waals surface area contributed by atoms with E-state index in [0.717, 1.165) is 0 Å². The van der Waals surface area contributed by atoms with Crippen molar-refractivity contribution < 1.29 is 23.8 Å². The number of fused-ring (bicyclic) bond motifs is 1. The minimum atomic E-state index is -1.21. The first-order valence-electron chi connectivity index (χ1n) is 6.32. The van der Waals surface area contributed by atoms with Gasteiger partial charge in [-0.05, 0) is 19.1 Å². The summed E-state index contributed by atoms with van der Waals surface area (Å²) in [6, 6.07) is 3.15. The number of oxazole rings is 1. The molecule has 0 atom stereocenters. The molecule has 2 aromatic rings. The van der Waals surface area contributed by atoms with Gasteiger partial charge < -0.3 is 19.2 Å². The highest BCUT2D eigenvalue weighted by molar-refractivity contribution is 6.31. The molecule has 22 heavy (non-hydrogen) atoms. The molecule has 0 unspecified atom stereocenters. The molecule has 0 aliphatic carbocycles. The molecule has 0 spiro atoms. The molecule has 0 fully saturated rings. The number of benzene rings is 1. The second kappa shape index (κ2) is 5.03. The molecular weight excluding hydrogens is 312 g/mol. The van der Waals surface area contributed by atoms with E-state index in [-0.39, 0.29) is 29.9 Å². The van der Waals surface area contributed by atoms with E-state index >= 15 is 0 Å². The van der Waals surface area contributed by atoms with Crippen molar-refractivity contribution in [3.05, 3.63) is 28.6 Å². The van der Waals surface area contributed by atoms with Gasteiger partial charge in [0.1, 0.15) is 0 Å². The number of carboxylic acids is 1. The molecule has 1 aromatic carbocycles. The highest BCUT2D eigenvalue weighted by Crippen LogP contribution is 2.42. The van der Waals surface area contributed by atoms with Gasteiger partial charge in [-0.25, -0.2) is 9.78 Å². The predicted molar refractivity (Wildman–Crippen MR) is 77.6 cm³/mol. The Morgan fingerprint density at radius 3 is 2.82 bits per heavy atom. The zero-order valence-corrected chi connectivity index (χ0v) is 12.5. The first-order chi connectivity index (χ1) is 10.4. The summed E-state index contributed by atoms with van der Waals surface area (Å²) in [6.45, 7) is 1.41. The lowest BCUT2D eigenvalue weighted by molar-refractivity contribution is -0.120. The second-order valence-corrected chi connectivity index (χ2v) is 5.22. The van der Waals surface area contributed by atoms with E-state index in [1.165, 1.54) is 11.8 Å². The number of ether oxygens (including phenoxy) is 1. The van der Waals surface area contributed by atoms with Crippen LogP contribution in [0, 0.1) is 6.92 Å². The number of likely N-dealkylation sites (N-methyl/N-ethyl adjacent to an activating group) is 1. The van der Waals surface area contributed by atoms with Crippen LogP contribution in [-0.2, 0) is 4.79 Å². The van der Waals surface area contributed by atoms with Gasteiger partial charge in [0.15, 0.2) is 12.4 Å². The number of carboxylic acid groups (broad SMARTS) is 1. The Labute approximate surface area is 130 Å². The van der Waals surface area contributed by atoms with Crippen LogP contribution in [0.4, 0.5) is 5.69 Å². The van der Waals surface area contributed by atoms with Gasteiger partial charge in [0.25, 0.3) is 5.91 Å². The van der Waals surface area contributed by atoms with Crippen molar-refractivity contribution in [3.8, 4) is 17.2 Å². The van der Waals surface area contributed by atoms with E-state index < -0.39 is 5.97 Å². The number of carbonyl (C=O) groups excluding carboxylic acids is 1. The smallest absolute Gasteiger partial charge is 0.373 e. The Bertz CT molecular complexity index is 799. The van der Waals surface area contributed by atoms with Crippen LogP contribution in [0.15, 0.2) is 16.5 Å². The summed E-state index contributed by atoms with van der Waals surface area (Å²) < 4.78 is 10.8. The summed E-state index contributed by atoms with van der Waals surface area (Å²) in [5.74, 6) is -1.21. The van der Waals surface area contributed by atoms with Crippen LogP contribution in [0.2, 0.25) is 5.02 Å². The van der Waals surface area contributed by atoms with Gasteiger partial charge in [0.2, 0.25) is 11.7 Å². The maximum atomic E-state index is 11.7. The third-order valence-corrected chi connectivity index (χ3v) is 3.55. The fourth-order valence-electron chi connectivity index (χ4n) is 2.21. The SMILES string of the molecule is Cc1nc(-c2cc(Cl)cc3c2OCC(=O)N3C)oc1C(=O)O. The van der Waals surface area contributed by atoms with Gasteiger partial charge in [-0.15, -0.1) is 0 Å². The summed E-state index contributed by atoms with van der Waals surface area (Å²) >= 11 is 6.07. The Morgan fingerprint density at radius 1 is 1.45 bits per heavy atom. The summed E-state index contributed by atoms with van der Waals surface area (Å²) in [7, 11) is 1.60. The summed E-state index contributed by atoms with van der Waals surface area (Å²) in [6.07, 6.45) is 0. The van der Waals surface area contributed by atoms with Crippen LogP contribution in [0.5, 0.6) is 5.75 Å². The predicted octanol–water partition coefficient (Wildman–Crippen LogP) is 2.36. The number of aryl methyl sites for hydroxylation is 1. The number of nitrogens with zero attached hydrogens (tertiary/aromatic N) is 2. The molecule has 2 heterocycles. The molecule has 114 valence electrons. The van der Waals surface area contributed by atoms with Gasteiger partial charge in [-0.3, -0.25) is 4.79 Å². The molecule has 0 saturated carbocycles. The van der Waals surface area contributed by atoms with E-state index in [1.807, 2.05) is 0 Å². The van der Waals surface area contributed by atoms with Crippen LogP contribution < -0.4 is 9.64 Å². The number of rotatable bonds is 2. The number of hydrogen-bond acceptors (Lipinski definition) is 5. The Hall–Kier alpha value is -2.54. The molecule has 1 aliphatic heterocycles. The van der Waals surface area contributed by atoms with Crippen LogP contribution in [0.3, 0.4) is 0 Å². The summed E-state index contributed by atoms with van der Waals surface area (Å²) in [4.78, 5) is 28.3. The van der Waals surface area contributed by atoms with Crippen LogP contribution in [0.25, 0.3) is 11.5 Å². The number of halogens is 1. The molecule has 3 rings (SSSR count). The highest BCUT2D eigenvalue weighted by atomic mass is 35.5. The molecule has 7 nitrogen and oxygen atoms in total. The number of aromatic carboxylic acids is 1. The molecule has 1 aliphatic rings. The van der Waals surface area contributed by atoms with E-state index in [4.69, 9.17) is 25.9 Å². The summed E-state index contributed by atoms with van der Waals surface area (Å²) in [5.41, 5.74) is 1.13. The van der Waals surface area contributed by atoms with Crippen molar-refractivity contribution in [2.45, 2.75) is 6.92 Å². The lowest BCUT2D eigenvalue weighted by Crippen LogP contribution is -2.35. The van der Waals surface area contributed by atoms with Crippen molar-refractivity contribution in [1.82, 2.24) is 4.98 Å². The second-order valence-electron chi connectivity index (χ2n) is 4.78. The molecule has 1 aromatic heterocycles. The van der Waals surface area contributed by atoms with Crippen molar-refractivity contribution in [2.24, 2.45) is 0 Å². The van der Waals surface area contributed by atoms with Crippen molar-refractivity contribution in [1.29, 1.82) is 0 Å². The topological polar surface area (TPSA) is 92.9 Å². The van der Waals surface area contributed by atoms with Crippen LogP contribution in [-0.4, -0.2) is 35.6 Å². The summed E-state index contributed by atoms with van der Waals surface area (Å²) in [5, 5.41) is 9.41. The Morgan fingerprint density at radius 2 is 2.18 bits per heavy atom. The van der Waals surface area contributed by atoms with Gasteiger partial charge in [0, 0.05) is 12.1 Å². The average Bonchev–Trinajstić information content (AvgIpc) is 2.85. The molecule has 1 N–H and O–H groups in total. The minimum absolute atomic E-state index is 0.0800. The van der Waals surface area contributed by atoms with Crippen molar-refractivity contribution in [3.63, 3.8) is 0 Å². The minimum Gasteiger partial charge on any atom is -0.481 e. The molecule has 0 bridgehead atoms. The lowest BCUT2D eigenvalue weighted by atomic mass is 10.1. The van der Waals surface area contributed by atoms with E-state index in [9.17, 15) is 9.59 Å². The fourth-order valence-corrected chi connectivity index (χ4v) is 2.43. The quantitative estimate of drug-likeness (QED) is 0.912. The standard InChI is InChI=1S/C14H11ClN2O5/c1-6-11(14(19)20)22-13(16-6)8-3-7(15)4-9-12(8)21-5-10(18)17(9)2/h3-4H,5H2,1-2H3,(H,19,20). The largest absolute Gasteiger partial charge is 0.481 e. The number of hydrogen-bond donors (Lipinski definition) is 1. The van der Waals surface area contributed by atoms with E-state index in [0.29, 0.717) is 22.0 Å². The van der Waals surface area contributed by atoms with Gasteiger partial charge in [-0.1, -0.05) is 11.6 Å². The van der Waals surface area contributed by atoms with E-state index in [1.54, 1.807) is 19.2 Å².